The maximum absolute atomic E-state index is 11.9. The molecule has 0 aliphatic heterocycles. The molecule has 3 rings (SSSR count). The van der Waals surface area contributed by atoms with E-state index in [1.165, 1.54) is 22.7 Å². The van der Waals surface area contributed by atoms with Crippen LogP contribution in [0.2, 0.25) is 0 Å². The van der Waals surface area contributed by atoms with Crippen LogP contribution in [0.5, 0.6) is 11.5 Å². The Balaban J connectivity index is 1.84. The molecule has 22 heavy (non-hydrogen) atoms. The van der Waals surface area contributed by atoms with Gasteiger partial charge in [0.15, 0.2) is 0 Å². The molecule has 0 saturated carbocycles. The molecule has 0 unspecified atom stereocenters. The van der Waals surface area contributed by atoms with E-state index in [1.807, 2.05) is 17.5 Å². The van der Waals surface area contributed by atoms with E-state index in [-0.39, 0.29) is 5.91 Å². The Morgan fingerprint density at radius 2 is 1.95 bits per heavy atom. The first-order chi connectivity index (χ1) is 10.7. The molecule has 3 aromatic rings. The topological polar surface area (TPSA) is 72.5 Å². The van der Waals surface area contributed by atoms with Crippen LogP contribution in [0.1, 0.15) is 9.67 Å². The van der Waals surface area contributed by atoms with Crippen LogP contribution >= 0.6 is 22.7 Å². The zero-order valence-electron chi connectivity index (χ0n) is 11.9. The van der Waals surface area contributed by atoms with Crippen molar-refractivity contribution in [3.63, 3.8) is 0 Å². The molecule has 0 fully saturated rings. The van der Waals surface area contributed by atoms with Crippen molar-refractivity contribution in [2.24, 2.45) is 0 Å². The van der Waals surface area contributed by atoms with Crippen LogP contribution in [0.3, 0.4) is 0 Å². The number of thiazole rings is 1. The van der Waals surface area contributed by atoms with E-state index < -0.39 is 0 Å². The fourth-order valence-electron chi connectivity index (χ4n) is 1.92. The van der Waals surface area contributed by atoms with Crippen LogP contribution in [0.25, 0.3) is 10.2 Å². The highest BCUT2D eigenvalue weighted by molar-refractivity contribution is 7.22. The van der Waals surface area contributed by atoms with E-state index >= 15 is 0 Å². The highest BCUT2D eigenvalue weighted by atomic mass is 32.1. The third-order valence-electron chi connectivity index (χ3n) is 2.94. The van der Waals surface area contributed by atoms with Gasteiger partial charge in [-0.05, 0) is 23.6 Å². The van der Waals surface area contributed by atoms with Gasteiger partial charge in [-0.15, -0.1) is 11.3 Å². The number of rotatable bonds is 5. The molecule has 0 bridgehead atoms. The molecule has 114 valence electrons. The standard InChI is InChI=1S/C14H13N3O3S2/c1-19-8-5-6-9(20-2)12-11(8)15-14(22-12)17-16-13(18)10-4-3-7-21-10/h3-7H,1-2H3,(H,15,17)(H,16,18). The van der Waals surface area contributed by atoms with Crippen LogP contribution in [0, 0.1) is 0 Å². The van der Waals surface area contributed by atoms with Gasteiger partial charge in [-0.3, -0.25) is 15.6 Å². The van der Waals surface area contributed by atoms with Crippen molar-refractivity contribution < 1.29 is 14.3 Å². The third kappa shape index (κ3) is 2.70. The Labute approximate surface area is 134 Å². The van der Waals surface area contributed by atoms with Gasteiger partial charge in [-0.1, -0.05) is 17.4 Å². The minimum Gasteiger partial charge on any atom is -0.495 e. The second-order valence-electron chi connectivity index (χ2n) is 4.22. The van der Waals surface area contributed by atoms with Crippen molar-refractivity contribution in [2.45, 2.75) is 0 Å². The number of fused-ring (bicyclic) bond motifs is 1. The van der Waals surface area contributed by atoms with Gasteiger partial charge in [0.05, 0.1) is 19.1 Å². The second-order valence-corrected chi connectivity index (χ2v) is 6.17. The number of benzene rings is 1. The first kappa shape index (κ1) is 14.6. The molecule has 1 aromatic carbocycles. The molecule has 0 radical (unpaired) electrons. The highest BCUT2D eigenvalue weighted by Crippen LogP contribution is 2.38. The van der Waals surface area contributed by atoms with Gasteiger partial charge in [0.25, 0.3) is 5.91 Å². The summed E-state index contributed by atoms with van der Waals surface area (Å²) in [6.07, 6.45) is 0. The molecule has 1 amide bonds. The molecule has 8 heteroatoms. The molecule has 2 aromatic heterocycles. The van der Waals surface area contributed by atoms with E-state index in [9.17, 15) is 4.79 Å². The van der Waals surface area contributed by atoms with Crippen LogP contribution < -0.4 is 20.3 Å². The quantitative estimate of drug-likeness (QED) is 0.701. The van der Waals surface area contributed by atoms with Gasteiger partial charge < -0.3 is 9.47 Å². The minimum absolute atomic E-state index is 0.201. The first-order valence-electron chi connectivity index (χ1n) is 6.34. The number of nitrogens with zero attached hydrogens (tertiary/aromatic N) is 1. The Morgan fingerprint density at radius 3 is 2.64 bits per heavy atom. The fraction of sp³-hybridized carbons (Fsp3) is 0.143. The number of amides is 1. The summed E-state index contributed by atoms with van der Waals surface area (Å²) >= 11 is 2.75. The molecular weight excluding hydrogens is 322 g/mol. The van der Waals surface area contributed by atoms with Crippen molar-refractivity contribution in [1.29, 1.82) is 0 Å². The van der Waals surface area contributed by atoms with Gasteiger partial charge in [0.1, 0.15) is 21.7 Å². The predicted octanol–water partition coefficient (Wildman–Crippen LogP) is 3.13. The van der Waals surface area contributed by atoms with Gasteiger partial charge in [-0.2, -0.15) is 0 Å². The monoisotopic (exact) mass is 335 g/mol. The van der Waals surface area contributed by atoms with Gasteiger partial charge in [-0.25, -0.2) is 4.98 Å². The van der Waals surface area contributed by atoms with E-state index in [0.29, 0.717) is 27.0 Å². The summed E-state index contributed by atoms with van der Waals surface area (Å²) in [4.78, 5) is 17.0. The average Bonchev–Trinajstić information content (AvgIpc) is 3.20. The summed E-state index contributed by atoms with van der Waals surface area (Å²) in [5, 5.41) is 2.41. The van der Waals surface area contributed by atoms with Crippen molar-refractivity contribution in [3.05, 3.63) is 34.5 Å². The lowest BCUT2D eigenvalue weighted by Gasteiger charge is -2.03. The highest BCUT2D eigenvalue weighted by Gasteiger charge is 2.14. The first-order valence-corrected chi connectivity index (χ1v) is 8.04. The summed E-state index contributed by atoms with van der Waals surface area (Å²) < 4.78 is 11.5. The molecule has 0 spiro atoms. The Kier molecular flexibility index (Phi) is 4.12. The van der Waals surface area contributed by atoms with E-state index in [1.54, 1.807) is 26.4 Å². The zero-order chi connectivity index (χ0) is 15.5. The summed E-state index contributed by atoms with van der Waals surface area (Å²) in [6.45, 7) is 0. The number of ether oxygens (including phenoxy) is 2. The van der Waals surface area contributed by atoms with Crippen molar-refractivity contribution >= 4 is 43.9 Å². The number of nitrogens with one attached hydrogen (secondary N) is 2. The number of hydrazine groups is 1. The lowest BCUT2D eigenvalue weighted by Crippen LogP contribution is -2.28. The second kappa shape index (κ2) is 6.20. The van der Waals surface area contributed by atoms with Crippen molar-refractivity contribution in [3.8, 4) is 11.5 Å². The number of hydrogen-bond acceptors (Lipinski definition) is 7. The lowest BCUT2D eigenvalue weighted by atomic mass is 10.3. The normalized spacial score (nSPS) is 10.5. The largest absolute Gasteiger partial charge is 0.495 e. The Hall–Kier alpha value is -2.32. The molecule has 0 aliphatic rings. The smallest absolute Gasteiger partial charge is 0.279 e. The number of carbonyl (C=O) groups is 1. The average molecular weight is 335 g/mol. The molecule has 2 heterocycles. The fourth-order valence-corrected chi connectivity index (χ4v) is 3.46. The predicted molar refractivity (Wildman–Crippen MR) is 88.1 cm³/mol. The SMILES string of the molecule is COc1ccc(OC)c2sc(NNC(=O)c3cccs3)nc12. The van der Waals surface area contributed by atoms with Crippen LogP contribution in [-0.4, -0.2) is 25.1 Å². The molecule has 0 atom stereocenters. The number of anilines is 1. The number of hydrogen-bond donors (Lipinski definition) is 2. The number of carbonyl (C=O) groups excluding carboxylic acids is 1. The van der Waals surface area contributed by atoms with Gasteiger partial charge >= 0.3 is 0 Å². The number of methoxy groups -OCH3 is 2. The summed E-state index contributed by atoms with van der Waals surface area (Å²) in [5.41, 5.74) is 6.15. The van der Waals surface area contributed by atoms with Crippen molar-refractivity contribution in [2.75, 3.05) is 19.6 Å². The minimum atomic E-state index is -0.201. The summed E-state index contributed by atoms with van der Waals surface area (Å²) in [7, 11) is 3.19. The summed E-state index contributed by atoms with van der Waals surface area (Å²) in [5.74, 6) is 1.17. The Morgan fingerprint density at radius 1 is 1.18 bits per heavy atom. The van der Waals surface area contributed by atoms with Crippen molar-refractivity contribution in [1.82, 2.24) is 10.4 Å². The third-order valence-corrected chi connectivity index (χ3v) is 4.79. The van der Waals surface area contributed by atoms with Crippen LogP contribution in [0.15, 0.2) is 29.6 Å². The molecule has 6 nitrogen and oxygen atoms in total. The molecule has 0 saturated heterocycles. The van der Waals surface area contributed by atoms with Crippen LogP contribution in [0.4, 0.5) is 5.13 Å². The number of aromatic nitrogens is 1. The maximum Gasteiger partial charge on any atom is 0.279 e. The molecule has 0 aliphatic carbocycles. The maximum atomic E-state index is 11.9. The zero-order valence-corrected chi connectivity index (χ0v) is 13.5. The lowest BCUT2D eigenvalue weighted by molar-refractivity contribution is 0.0966. The molecule has 2 N–H and O–H groups in total. The Bertz CT molecular complexity index is 758. The van der Waals surface area contributed by atoms with E-state index in [2.05, 4.69) is 15.8 Å². The van der Waals surface area contributed by atoms with Gasteiger partial charge in [0, 0.05) is 0 Å². The molecular formula is C14H13N3O3S2. The van der Waals surface area contributed by atoms with E-state index in [4.69, 9.17) is 9.47 Å². The summed E-state index contributed by atoms with van der Waals surface area (Å²) in [6, 6.07) is 7.21. The van der Waals surface area contributed by atoms with Crippen LogP contribution in [-0.2, 0) is 0 Å². The van der Waals surface area contributed by atoms with E-state index in [0.717, 1.165) is 4.70 Å². The number of thiophene rings is 1. The van der Waals surface area contributed by atoms with Gasteiger partial charge in [0.2, 0.25) is 5.13 Å².